The van der Waals surface area contributed by atoms with Crippen molar-refractivity contribution >= 4 is 0 Å². The Bertz CT molecular complexity index is 2340. The van der Waals surface area contributed by atoms with Crippen molar-refractivity contribution in [3.8, 4) is 0 Å². The molecule has 1 fully saturated rings. The highest BCUT2D eigenvalue weighted by Crippen LogP contribution is 2.35. The molecule has 0 saturated carbocycles. The molecule has 1 aliphatic heterocycles. The second-order valence-electron chi connectivity index (χ2n) is 16.0. The van der Waals surface area contributed by atoms with Crippen molar-refractivity contribution < 1.29 is 37.9 Å². The highest BCUT2D eigenvalue weighted by atomic mass is 16.7. The number of ether oxygens (including phenoxy) is 8. The van der Waals surface area contributed by atoms with Crippen LogP contribution in [0.4, 0.5) is 0 Å². The molecule has 6 aromatic rings. The molecule has 0 amide bonds. The van der Waals surface area contributed by atoms with Gasteiger partial charge in [-0.3, -0.25) is 0 Å². The molecule has 1 heterocycles. The van der Waals surface area contributed by atoms with Crippen molar-refractivity contribution in [3.05, 3.63) is 238 Å². The third-order valence-electron chi connectivity index (χ3n) is 11.4. The zero-order valence-corrected chi connectivity index (χ0v) is 36.2. The molecular weight excluding hydrogens is 819 g/mol. The minimum Gasteiger partial charge on any atom is -0.374 e. The quantitative estimate of drug-likeness (QED) is 0.0286. The lowest BCUT2D eigenvalue weighted by atomic mass is 9.93. The van der Waals surface area contributed by atoms with E-state index in [9.17, 15) is 5.53 Å². The minimum absolute atomic E-state index is 0.134. The molecule has 8 rings (SSSR count). The molecule has 4 unspecified atom stereocenters. The van der Waals surface area contributed by atoms with Gasteiger partial charge in [-0.25, -0.2) is 0 Å². The Morgan fingerprint density at radius 2 is 0.769 bits per heavy atom. The number of rotatable bonds is 22. The van der Waals surface area contributed by atoms with E-state index in [1.54, 1.807) is 0 Å². The first-order valence-electron chi connectivity index (χ1n) is 22.1. The van der Waals surface area contributed by atoms with Gasteiger partial charge >= 0.3 is 0 Å². The van der Waals surface area contributed by atoms with Crippen LogP contribution in [0.5, 0.6) is 0 Å². The van der Waals surface area contributed by atoms with Gasteiger partial charge in [-0.1, -0.05) is 199 Å². The maximum absolute atomic E-state index is 10.2. The molecule has 2 aliphatic rings. The van der Waals surface area contributed by atoms with Crippen LogP contribution >= 0.6 is 0 Å². The van der Waals surface area contributed by atoms with Gasteiger partial charge in [0.25, 0.3) is 0 Å². The molecule has 1 saturated heterocycles. The second-order valence-corrected chi connectivity index (χ2v) is 16.0. The van der Waals surface area contributed by atoms with Gasteiger partial charge in [0.15, 0.2) is 6.29 Å². The molecule has 11 nitrogen and oxygen atoms in total. The Morgan fingerprint density at radius 3 is 1.20 bits per heavy atom. The second kappa shape index (κ2) is 24.4. The highest BCUT2D eigenvalue weighted by molar-refractivity contribution is 5.20. The van der Waals surface area contributed by atoms with Crippen LogP contribution in [0.3, 0.4) is 0 Å². The lowest BCUT2D eigenvalue weighted by Gasteiger charge is -2.47. The van der Waals surface area contributed by atoms with Crippen LogP contribution in [0.15, 0.2) is 199 Å². The van der Waals surface area contributed by atoms with Crippen LogP contribution in [0.1, 0.15) is 33.4 Å². The molecular formula is C54H55N3O8. The van der Waals surface area contributed by atoms with Gasteiger partial charge in [-0.05, 0) is 38.9 Å². The Kier molecular flexibility index (Phi) is 17.1. The molecule has 6 aromatic carbocycles. The van der Waals surface area contributed by atoms with E-state index in [0.29, 0.717) is 19.8 Å². The topological polar surface area (TPSA) is 123 Å². The number of hydrogen-bond acceptors (Lipinski definition) is 9. The molecule has 334 valence electrons. The first-order valence-corrected chi connectivity index (χ1v) is 22.1. The van der Waals surface area contributed by atoms with Crippen LogP contribution in [0, 0.1) is 0 Å². The maximum Gasteiger partial charge on any atom is 0.170 e. The fraction of sp³-hybridized carbons (Fsp3) is 0.296. The lowest BCUT2D eigenvalue weighted by molar-refractivity contribution is -0.304. The van der Waals surface area contributed by atoms with Crippen LogP contribution in [0.25, 0.3) is 10.4 Å². The van der Waals surface area contributed by atoms with Gasteiger partial charge in [-0.2, -0.15) is 0 Å². The van der Waals surface area contributed by atoms with Crippen molar-refractivity contribution in [3.63, 3.8) is 0 Å². The van der Waals surface area contributed by atoms with E-state index in [1.165, 1.54) is 0 Å². The highest BCUT2D eigenvalue weighted by Gasteiger charge is 2.50. The molecule has 0 aromatic heterocycles. The average molecular weight is 874 g/mol. The van der Waals surface area contributed by atoms with Crippen molar-refractivity contribution in [1.82, 2.24) is 0 Å². The molecule has 11 heteroatoms. The Morgan fingerprint density at radius 1 is 0.415 bits per heavy atom. The van der Waals surface area contributed by atoms with E-state index in [-0.39, 0.29) is 26.4 Å². The SMILES string of the molecule is [N-]=[N+]=NC1[C@@H](O[C@@H]2C=CC(OCc3ccccc3)C(OCc3ccccc3)[C@@H]2OCc2ccccc2)OC(COCc2ccccc2)[C@@H](OCc2ccccc2)[C@H]1OCc1ccccc1. The smallest absolute Gasteiger partial charge is 0.170 e. The lowest BCUT2D eigenvalue weighted by Crippen LogP contribution is -2.62. The average Bonchev–Trinajstić information content (AvgIpc) is 3.36. The van der Waals surface area contributed by atoms with Crippen LogP contribution < -0.4 is 0 Å². The van der Waals surface area contributed by atoms with Gasteiger partial charge in [0.05, 0.1) is 46.2 Å². The van der Waals surface area contributed by atoms with Gasteiger partial charge in [0.1, 0.15) is 48.8 Å². The predicted molar refractivity (Wildman–Crippen MR) is 247 cm³/mol. The summed E-state index contributed by atoms with van der Waals surface area (Å²) in [4.78, 5) is 3.33. The molecule has 0 N–H and O–H groups in total. The van der Waals surface area contributed by atoms with Crippen molar-refractivity contribution in [1.29, 1.82) is 0 Å². The number of benzene rings is 6. The summed E-state index contributed by atoms with van der Waals surface area (Å²) in [6.45, 7) is 1.90. The zero-order chi connectivity index (χ0) is 44.3. The van der Waals surface area contributed by atoms with Crippen LogP contribution in [0.2, 0.25) is 0 Å². The monoisotopic (exact) mass is 873 g/mol. The summed E-state index contributed by atoms with van der Waals surface area (Å²) in [7, 11) is 0. The van der Waals surface area contributed by atoms with Crippen LogP contribution in [-0.4, -0.2) is 61.7 Å². The van der Waals surface area contributed by atoms with Gasteiger partial charge in [0, 0.05) is 4.91 Å². The van der Waals surface area contributed by atoms with E-state index in [1.807, 2.05) is 194 Å². The summed E-state index contributed by atoms with van der Waals surface area (Å²) < 4.78 is 54.1. The summed E-state index contributed by atoms with van der Waals surface area (Å²) in [6, 6.07) is 58.7. The van der Waals surface area contributed by atoms with E-state index in [4.69, 9.17) is 37.9 Å². The zero-order valence-electron chi connectivity index (χ0n) is 36.2. The first-order chi connectivity index (χ1) is 32.2. The van der Waals surface area contributed by atoms with Crippen LogP contribution in [-0.2, 0) is 77.5 Å². The number of hydrogen-bond donors (Lipinski definition) is 0. The number of azide groups is 1. The summed E-state index contributed by atoms with van der Waals surface area (Å²) in [5.74, 6) is 0. The molecule has 0 spiro atoms. The first kappa shape index (κ1) is 45.6. The maximum atomic E-state index is 10.2. The van der Waals surface area contributed by atoms with E-state index in [0.717, 1.165) is 33.4 Å². The Hall–Kier alpha value is -5.95. The Labute approximate surface area is 381 Å². The minimum atomic E-state index is -1.12. The normalized spacial score (nSPS) is 24.0. The van der Waals surface area contributed by atoms with Crippen molar-refractivity contribution in [2.24, 2.45) is 5.11 Å². The fourth-order valence-corrected chi connectivity index (χ4v) is 8.03. The summed E-state index contributed by atoms with van der Waals surface area (Å²) >= 11 is 0. The molecule has 65 heavy (non-hydrogen) atoms. The summed E-state index contributed by atoms with van der Waals surface area (Å²) in [5.41, 5.74) is 16.1. The predicted octanol–water partition coefficient (Wildman–Crippen LogP) is 10.5. The standard InChI is InChI=1S/C54H55N3O8/c55-57-56-49-53(63-38-45-29-17-6-18-30-45)52(62-37-44-27-15-5-16-28-44)48(39-58-33-40-19-7-1-8-20-40)65-54(49)64-47-32-31-46(59-34-41-21-9-2-10-22-41)50(60-35-42-23-11-3-12-24-42)51(47)61-36-43-25-13-4-14-26-43/h1-32,46-54H,33-39H2/t46?,47-,48?,49?,50?,51-,52-,53+,54+/m1/s1. The third kappa shape index (κ3) is 13.3. The largest absolute Gasteiger partial charge is 0.374 e. The summed E-state index contributed by atoms with van der Waals surface area (Å²) in [5, 5.41) is 4.35. The van der Waals surface area contributed by atoms with Crippen molar-refractivity contribution in [2.45, 2.75) is 94.7 Å². The molecule has 1 aliphatic carbocycles. The third-order valence-corrected chi connectivity index (χ3v) is 11.4. The summed E-state index contributed by atoms with van der Waals surface area (Å²) in [6.07, 6.45) is -2.06. The van der Waals surface area contributed by atoms with E-state index in [2.05, 4.69) is 10.0 Å². The Balaban J connectivity index is 1.12. The van der Waals surface area contributed by atoms with Gasteiger partial charge < -0.3 is 37.9 Å². The fourth-order valence-electron chi connectivity index (χ4n) is 8.03. The molecule has 0 radical (unpaired) electrons. The van der Waals surface area contributed by atoms with Gasteiger partial charge in [-0.15, -0.1) is 0 Å². The van der Waals surface area contributed by atoms with Crippen molar-refractivity contribution in [2.75, 3.05) is 6.61 Å². The van der Waals surface area contributed by atoms with E-state index < -0.39 is 55.1 Å². The molecule has 9 atom stereocenters. The molecule has 0 bridgehead atoms. The number of nitrogens with zero attached hydrogens (tertiary/aromatic N) is 3. The van der Waals surface area contributed by atoms with Gasteiger partial charge in [0.2, 0.25) is 0 Å². The van der Waals surface area contributed by atoms with E-state index >= 15 is 0 Å².